The Hall–Kier alpha value is -1.84. The van der Waals surface area contributed by atoms with Crippen molar-refractivity contribution < 1.29 is 4.42 Å². The SMILES string of the molecule is c1cc(NCC2CCCCCC2)cc(-c2nnco2)c1. The average Bonchev–Trinajstić information content (AvgIpc) is 2.90. The van der Waals surface area contributed by atoms with Gasteiger partial charge in [0.15, 0.2) is 0 Å². The van der Waals surface area contributed by atoms with Crippen LogP contribution < -0.4 is 5.32 Å². The Morgan fingerprint density at radius 2 is 2.00 bits per heavy atom. The molecule has 1 aromatic carbocycles. The Balaban J connectivity index is 1.61. The van der Waals surface area contributed by atoms with Gasteiger partial charge in [0, 0.05) is 17.8 Å². The van der Waals surface area contributed by atoms with Gasteiger partial charge in [0.2, 0.25) is 12.3 Å². The maximum atomic E-state index is 5.24. The van der Waals surface area contributed by atoms with E-state index in [1.807, 2.05) is 12.1 Å². The first-order valence-electron chi connectivity index (χ1n) is 7.52. The van der Waals surface area contributed by atoms with Crippen molar-refractivity contribution in [2.75, 3.05) is 11.9 Å². The third kappa shape index (κ3) is 3.38. The van der Waals surface area contributed by atoms with Gasteiger partial charge in [-0.3, -0.25) is 0 Å². The molecule has 4 heteroatoms. The molecule has 0 unspecified atom stereocenters. The average molecular weight is 271 g/mol. The molecule has 1 N–H and O–H groups in total. The van der Waals surface area contributed by atoms with E-state index in [4.69, 9.17) is 4.42 Å². The Bertz CT molecular complexity index is 516. The first kappa shape index (κ1) is 13.2. The quantitative estimate of drug-likeness (QED) is 0.850. The van der Waals surface area contributed by atoms with Gasteiger partial charge >= 0.3 is 0 Å². The molecule has 0 aliphatic heterocycles. The number of hydrogen-bond acceptors (Lipinski definition) is 4. The Morgan fingerprint density at radius 1 is 1.15 bits per heavy atom. The summed E-state index contributed by atoms with van der Waals surface area (Å²) in [7, 11) is 0. The zero-order valence-electron chi connectivity index (χ0n) is 11.7. The van der Waals surface area contributed by atoms with Crippen LogP contribution in [0.4, 0.5) is 5.69 Å². The normalized spacial score (nSPS) is 16.8. The minimum absolute atomic E-state index is 0.572. The number of nitrogens with zero attached hydrogens (tertiary/aromatic N) is 2. The second-order valence-electron chi connectivity index (χ2n) is 5.56. The highest BCUT2D eigenvalue weighted by Crippen LogP contribution is 2.24. The summed E-state index contributed by atoms with van der Waals surface area (Å²) in [4.78, 5) is 0. The molecule has 1 heterocycles. The fourth-order valence-corrected chi connectivity index (χ4v) is 2.89. The lowest BCUT2D eigenvalue weighted by molar-refractivity contribution is 0.483. The van der Waals surface area contributed by atoms with E-state index in [0.29, 0.717) is 5.89 Å². The summed E-state index contributed by atoms with van der Waals surface area (Å²) in [5, 5.41) is 11.2. The highest BCUT2D eigenvalue weighted by atomic mass is 16.4. The van der Waals surface area contributed by atoms with E-state index in [1.54, 1.807) is 0 Å². The minimum atomic E-state index is 0.572. The van der Waals surface area contributed by atoms with E-state index in [2.05, 4.69) is 27.6 Å². The lowest BCUT2D eigenvalue weighted by Crippen LogP contribution is -2.13. The van der Waals surface area contributed by atoms with E-state index in [0.717, 1.165) is 23.7 Å². The van der Waals surface area contributed by atoms with Crippen LogP contribution in [0.2, 0.25) is 0 Å². The van der Waals surface area contributed by atoms with E-state index in [9.17, 15) is 0 Å². The first-order chi connectivity index (χ1) is 9.92. The van der Waals surface area contributed by atoms with Crippen LogP contribution in [0.3, 0.4) is 0 Å². The molecule has 0 radical (unpaired) electrons. The van der Waals surface area contributed by atoms with Gasteiger partial charge in [0.05, 0.1) is 0 Å². The second kappa shape index (κ2) is 6.55. The summed E-state index contributed by atoms with van der Waals surface area (Å²) in [6.07, 6.45) is 9.66. The van der Waals surface area contributed by atoms with Gasteiger partial charge in [-0.2, -0.15) is 0 Å². The third-order valence-electron chi connectivity index (χ3n) is 4.04. The molecule has 0 atom stereocenters. The molecule has 0 spiro atoms. The molecule has 1 aliphatic carbocycles. The molecule has 1 saturated carbocycles. The van der Waals surface area contributed by atoms with Crippen LogP contribution >= 0.6 is 0 Å². The molecule has 2 aromatic rings. The highest BCUT2D eigenvalue weighted by molar-refractivity contribution is 5.60. The van der Waals surface area contributed by atoms with Crippen molar-refractivity contribution in [2.24, 2.45) is 5.92 Å². The predicted molar refractivity (Wildman–Crippen MR) is 79.4 cm³/mol. The van der Waals surface area contributed by atoms with Crippen LogP contribution in [0.1, 0.15) is 38.5 Å². The zero-order valence-corrected chi connectivity index (χ0v) is 11.7. The molecule has 106 valence electrons. The topological polar surface area (TPSA) is 51.0 Å². The number of nitrogens with one attached hydrogen (secondary N) is 1. The van der Waals surface area contributed by atoms with Crippen LogP contribution in [0, 0.1) is 5.92 Å². The van der Waals surface area contributed by atoms with E-state index in [-0.39, 0.29) is 0 Å². The summed E-state index contributed by atoms with van der Waals surface area (Å²) in [6, 6.07) is 8.18. The summed E-state index contributed by atoms with van der Waals surface area (Å²) in [5.74, 6) is 1.38. The van der Waals surface area contributed by atoms with Crippen LogP contribution in [0.25, 0.3) is 11.5 Å². The molecular formula is C16H21N3O. The van der Waals surface area contributed by atoms with Crippen molar-refractivity contribution in [1.82, 2.24) is 10.2 Å². The molecular weight excluding hydrogens is 250 g/mol. The molecule has 1 fully saturated rings. The van der Waals surface area contributed by atoms with Gasteiger partial charge < -0.3 is 9.73 Å². The number of rotatable bonds is 4. The van der Waals surface area contributed by atoms with Crippen molar-refractivity contribution in [3.63, 3.8) is 0 Å². The Kier molecular flexibility index (Phi) is 4.31. The van der Waals surface area contributed by atoms with Crippen LogP contribution in [0.5, 0.6) is 0 Å². The highest BCUT2D eigenvalue weighted by Gasteiger charge is 2.12. The number of benzene rings is 1. The van der Waals surface area contributed by atoms with Crippen LogP contribution in [-0.4, -0.2) is 16.7 Å². The number of anilines is 1. The second-order valence-corrected chi connectivity index (χ2v) is 5.56. The lowest BCUT2D eigenvalue weighted by atomic mass is 10.0. The molecule has 1 aromatic heterocycles. The van der Waals surface area contributed by atoms with Crippen LogP contribution in [-0.2, 0) is 0 Å². The lowest BCUT2D eigenvalue weighted by Gasteiger charge is -2.16. The van der Waals surface area contributed by atoms with Crippen molar-refractivity contribution in [3.8, 4) is 11.5 Å². The smallest absolute Gasteiger partial charge is 0.247 e. The van der Waals surface area contributed by atoms with Crippen molar-refractivity contribution >= 4 is 5.69 Å². The fourth-order valence-electron chi connectivity index (χ4n) is 2.89. The van der Waals surface area contributed by atoms with Crippen molar-refractivity contribution in [3.05, 3.63) is 30.7 Å². The van der Waals surface area contributed by atoms with E-state index in [1.165, 1.54) is 44.9 Å². The molecule has 0 saturated heterocycles. The molecule has 20 heavy (non-hydrogen) atoms. The van der Waals surface area contributed by atoms with E-state index >= 15 is 0 Å². The summed E-state index contributed by atoms with van der Waals surface area (Å²) in [6.45, 7) is 1.06. The first-order valence-corrected chi connectivity index (χ1v) is 7.52. The van der Waals surface area contributed by atoms with E-state index < -0.39 is 0 Å². The molecule has 0 amide bonds. The Morgan fingerprint density at radius 3 is 2.75 bits per heavy atom. The third-order valence-corrected chi connectivity index (χ3v) is 4.04. The summed E-state index contributed by atoms with van der Waals surface area (Å²) < 4.78 is 5.24. The number of aromatic nitrogens is 2. The molecule has 3 rings (SSSR count). The molecule has 4 nitrogen and oxygen atoms in total. The van der Waals surface area contributed by atoms with Crippen LogP contribution in [0.15, 0.2) is 35.1 Å². The standard InChI is InChI=1S/C16H21N3O/c1-2-4-7-13(6-3-1)11-17-15-9-5-8-14(10-15)16-19-18-12-20-16/h5,8-10,12-13,17H,1-4,6-7,11H2. The maximum Gasteiger partial charge on any atom is 0.247 e. The minimum Gasteiger partial charge on any atom is -0.423 e. The fraction of sp³-hybridized carbons (Fsp3) is 0.500. The Labute approximate surface area is 119 Å². The maximum absolute atomic E-state index is 5.24. The largest absolute Gasteiger partial charge is 0.423 e. The van der Waals surface area contributed by atoms with Gasteiger partial charge in [0.1, 0.15) is 0 Å². The van der Waals surface area contributed by atoms with Crippen molar-refractivity contribution in [2.45, 2.75) is 38.5 Å². The number of hydrogen-bond donors (Lipinski definition) is 1. The zero-order chi connectivity index (χ0) is 13.6. The summed E-state index contributed by atoms with van der Waals surface area (Å²) >= 11 is 0. The van der Waals surface area contributed by atoms with Gasteiger partial charge in [-0.1, -0.05) is 31.7 Å². The van der Waals surface area contributed by atoms with Gasteiger partial charge in [-0.15, -0.1) is 10.2 Å². The van der Waals surface area contributed by atoms with Gasteiger partial charge in [-0.05, 0) is 37.0 Å². The summed E-state index contributed by atoms with van der Waals surface area (Å²) in [5.41, 5.74) is 2.10. The molecule has 0 bridgehead atoms. The monoisotopic (exact) mass is 271 g/mol. The predicted octanol–water partition coefficient (Wildman–Crippen LogP) is 4.12. The van der Waals surface area contributed by atoms with Crippen molar-refractivity contribution in [1.29, 1.82) is 0 Å². The molecule has 1 aliphatic rings. The van der Waals surface area contributed by atoms with Gasteiger partial charge in [0.25, 0.3) is 0 Å². The van der Waals surface area contributed by atoms with Gasteiger partial charge in [-0.25, -0.2) is 0 Å².